The topological polar surface area (TPSA) is 41.6 Å². The monoisotopic (exact) mass is 318 g/mol. The fourth-order valence-corrected chi connectivity index (χ4v) is 2.87. The van der Waals surface area contributed by atoms with Crippen LogP contribution in [-0.4, -0.2) is 35.7 Å². The lowest BCUT2D eigenvalue weighted by Crippen LogP contribution is -2.38. The third kappa shape index (κ3) is 5.87. The molecule has 0 radical (unpaired) electrons. The fraction of sp³-hybridized carbons (Fsp3) is 0.632. The Labute approximate surface area is 140 Å². The van der Waals surface area contributed by atoms with Gasteiger partial charge in [-0.05, 0) is 58.1 Å². The van der Waals surface area contributed by atoms with E-state index in [-0.39, 0.29) is 6.09 Å². The lowest BCUT2D eigenvalue weighted by Gasteiger charge is -2.26. The minimum Gasteiger partial charge on any atom is -0.444 e. The number of nitrogens with zero attached hydrogens (tertiary/aromatic N) is 1. The van der Waals surface area contributed by atoms with Crippen LogP contribution in [0.2, 0.25) is 0 Å². The van der Waals surface area contributed by atoms with Crippen molar-refractivity contribution in [2.24, 2.45) is 0 Å². The zero-order valence-corrected chi connectivity index (χ0v) is 14.9. The first-order valence-electron chi connectivity index (χ1n) is 8.61. The molecule has 1 fully saturated rings. The molecule has 0 aromatic heterocycles. The van der Waals surface area contributed by atoms with E-state index in [0.29, 0.717) is 6.04 Å². The molecular formula is C19H30N2O2. The summed E-state index contributed by atoms with van der Waals surface area (Å²) in [5.74, 6) is 0. The van der Waals surface area contributed by atoms with Gasteiger partial charge in [-0.2, -0.15) is 0 Å². The quantitative estimate of drug-likeness (QED) is 0.919. The van der Waals surface area contributed by atoms with Crippen LogP contribution in [0.3, 0.4) is 0 Å². The molecule has 1 saturated heterocycles. The van der Waals surface area contributed by atoms with E-state index in [1.54, 1.807) is 0 Å². The van der Waals surface area contributed by atoms with E-state index >= 15 is 0 Å². The minimum atomic E-state index is -0.425. The van der Waals surface area contributed by atoms with Gasteiger partial charge in [0.25, 0.3) is 0 Å². The summed E-state index contributed by atoms with van der Waals surface area (Å²) in [6.45, 7) is 10.3. The van der Waals surface area contributed by atoms with Gasteiger partial charge in [0, 0.05) is 25.7 Å². The molecule has 1 aromatic rings. The number of carbonyl (C=O) groups is 1. The average Bonchev–Trinajstić information content (AvgIpc) is 2.70. The van der Waals surface area contributed by atoms with Crippen LogP contribution in [0.1, 0.15) is 51.2 Å². The Bertz CT molecular complexity index is 522. The molecule has 23 heavy (non-hydrogen) atoms. The standard InChI is InChI=1S/C19H30N2O2/c1-15-8-5-6-9-16(15)14-20-17-10-7-12-21(13-11-17)18(22)23-19(2,3)4/h5-6,8-9,17,20H,7,10-14H2,1-4H3. The number of hydrogen-bond acceptors (Lipinski definition) is 3. The third-order valence-electron chi connectivity index (χ3n) is 4.22. The minimum absolute atomic E-state index is 0.183. The van der Waals surface area contributed by atoms with Crippen LogP contribution in [0.15, 0.2) is 24.3 Å². The average molecular weight is 318 g/mol. The van der Waals surface area contributed by atoms with E-state index in [4.69, 9.17) is 4.74 Å². The van der Waals surface area contributed by atoms with E-state index in [9.17, 15) is 4.79 Å². The number of amides is 1. The van der Waals surface area contributed by atoms with Gasteiger partial charge in [0.2, 0.25) is 0 Å². The second kappa shape index (κ2) is 7.82. The summed E-state index contributed by atoms with van der Waals surface area (Å²) < 4.78 is 5.48. The van der Waals surface area contributed by atoms with E-state index in [2.05, 4.69) is 36.5 Å². The molecule has 1 heterocycles. The van der Waals surface area contributed by atoms with Crippen LogP contribution < -0.4 is 5.32 Å². The molecule has 0 spiro atoms. The molecular weight excluding hydrogens is 288 g/mol. The smallest absolute Gasteiger partial charge is 0.410 e. The molecule has 1 unspecified atom stereocenters. The molecule has 0 bridgehead atoms. The van der Waals surface area contributed by atoms with Crippen molar-refractivity contribution in [3.8, 4) is 0 Å². The highest BCUT2D eigenvalue weighted by atomic mass is 16.6. The second-order valence-corrected chi connectivity index (χ2v) is 7.40. The van der Waals surface area contributed by atoms with Crippen LogP contribution in [0.4, 0.5) is 4.79 Å². The maximum Gasteiger partial charge on any atom is 0.410 e. The fourth-order valence-electron chi connectivity index (χ4n) is 2.87. The van der Waals surface area contributed by atoms with Crippen molar-refractivity contribution >= 4 is 6.09 Å². The van der Waals surface area contributed by atoms with Crippen molar-refractivity contribution in [3.63, 3.8) is 0 Å². The van der Waals surface area contributed by atoms with E-state index in [1.807, 2.05) is 25.7 Å². The zero-order chi connectivity index (χ0) is 16.9. The largest absolute Gasteiger partial charge is 0.444 e. The van der Waals surface area contributed by atoms with Gasteiger partial charge in [-0.1, -0.05) is 24.3 Å². The molecule has 0 aliphatic carbocycles. The maximum atomic E-state index is 12.2. The van der Waals surface area contributed by atoms with Crippen molar-refractivity contribution in [1.29, 1.82) is 0 Å². The molecule has 4 heteroatoms. The molecule has 1 aliphatic rings. The number of aryl methyl sites for hydroxylation is 1. The van der Waals surface area contributed by atoms with Gasteiger partial charge < -0.3 is 15.0 Å². The van der Waals surface area contributed by atoms with Crippen molar-refractivity contribution in [1.82, 2.24) is 10.2 Å². The first-order chi connectivity index (χ1) is 10.8. The predicted octanol–water partition coefficient (Wildman–Crippen LogP) is 3.87. The molecule has 0 saturated carbocycles. The van der Waals surface area contributed by atoms with E-state index < -0.39 is 5.60 Å². The van der Waals surface area contributed by atoms with Crippen LogP contribution >= 0.6 is 0 Å². The Hall–Kier alpha value is -1.55. The van der Waals surface area contributed by atoms with E-state index in [0.717, 1.165) is 38.9 Å². The summed E-state index contributed by atoms with van der Waals surface area (Å²) in [4.78, 5) is 14.0. The van der Waals surface area contributed by atoms with Gasteiger partial charge in [0.05, 0.1) is 0 Å². The number of hydrogen-bond donors (Lipinski definition) is 1. The summed E-state index contributed by atoms with van der Waals surface area (Å²) in [5.41, 5.74) is 2.25. The number of ether oxygens (including phenoxy) is 1. The van der Waals surface area contributed by atoms with Crippen molar-refractivity contribution in [3.05, 3.63) is 35.4 Å². The molecule has 1 atom stereocenters. The Balaban J connectivity index is 1.82. The molecule has 4 nitrogen and oxygen atoms in total. The highest BCUT2D eigenvalue weighted by Gasteiger charge is 2.25. The molecule has 2 rings (SSSR count). The number of rotatable bonds is 3. The third-order valence-corrected chi connectivity index (χ3v) is 4.22. The maximum absolute atomic E-state index is 12.2. The molecule has 1 N–H and O–H groups in total. The van der Waals surface area contributed by atoms with Gasteiger partial charge >= 0.3 is 6.09 Å². The molecule has 1 amide bonds. The van der Waals surface area contributed by atoms with Gasteiger partial charge in [-0.3, -0.25) is 0 Å². The normalized spacial score (nSPS) is 19.3. The Morgan fingerprint density at radius 2 is 2.00 bits per heavy atom. The number of benzene rings is 1. The Morgan fingerprint density at radius 3 is 2.70 bits per heavy atom. The van der Waals surface area contributed by atoms with Crippen molar-refractivity contribution in [2.45, 2.75) is 65.1 Å². The lowest BCUT2D eigenvalue weighted by molar-refractivity contribution is 0.0256. The molecule has 128 valence electrons. The molecule has 1 aliphatic heterocycles. The summed E-state index contributed by atoms with van der Waals surface area (Å²) in [6, 6.07) is 8.94. The SMILES string of the molecule is Cc1ccccc1CNC1CCCN(C(=O)OC(C)(C)C)CC1. The van der Waals surface area contributed by atoms with Crippen molar-refractivity contribution in [2.75, 3.05) is 13.1 Å². The summed E-state index contributed by atoms with van der Waals surface area (Å²) >= 11 is 0. The predicted molar refractivity (Wildman–Crippen MR) is 93.5 cm³/mol. The molecule has 1 aromatic carbocycles. The van der Waals surface area contributed by atoms with Gasteiger partial charge in [0.15, 0.2) is 0 Å². The van der Waals surface area contributed by atoms with E-state index in [1.165, 1.54) is 11.1 Å². The number of likely N-dealkylation sites (tertiary alicyclic amines) is 1. The number of carbonyl (C=O) groups excluding carboxylic acids is 1. The highest BCUT2D eigenvalue weighted by molar-refractivity contribution is 5.68. The zero-order valence-electron chi connectivity index (χ0n) is 14.9. The highest BCUT2D eigenvalue weighted by Crippen LogP contribution is 2.16. The lowest BCUT2D eigenvalue weighted by atomic mass is 10.1. The number of nitrogens with one attached hydrogen (secondary N) is 1. The van der Waals surface area contributed by atoms with Gasteiger partial charge in [0.1, 0.15) is 5.60 Å². The summed E-state index contributed by atoms with van der Waals surface area (Å²) in [7, 11) is 0. The van der Waals surface area contributed by atoms with Gasteiger partial charge in [-0.15, -0.1) is 0 Å². The Kier molecular flexibility index (Phi) is 6.05. The summed E-state index contributed by atoms with van der Waals surface area (Å²) in [5, 5.41) is 3.65. The van der Waals surface area contributed by atoms with Crippen LogP contribution in [0, 0.1) is 6.92 Å². The second-order valence-electron chi connectivity index (χ2n) is 7.40. The van der Waals surface area contributed by atoms with Crippen molar-refractivity contribution < 1.29 is 9.53 Å². The van der Waals surface area contributed by atoms with Crippen LogP contribution in [0.25, 0.3) is 0 Å². The first kappa shape index (κ1) is 17.8. The Morgan fingerprint density at radius 1 is 1.26 bits per heavy atom. The van der Waals surface area contributed by atoms with Gasteiger partial charge in [-0.25, -0.2) is 4.79 Å². The summed E-state index contributed by atoms with van der Waals surface area (Å²) in [6.07, 6.45) is 2.91. The van der Waals surface area contributed by atoms with Crippen LogP contribution in [0.5, 0.6) is 0 Å². The first-order valence-corrected chi connectivity index (χ1v) is 8.61. The van der Waals surface area contributed by atoms with Crippen LogP contribution in [-0.2, 0) is 11.3 Å².